The Morgan fingerprint density at radius 2 is 2.05 bits per heavy atom. The lowest BCUT2D eigenvalue weighted by molar-refractivity contribution is 0.0702. The second-order valence-electron chi connectivity index (χ2n) is 4.00. The number of hydrogen-bond donors (Lipinski definition) is 2. The molecule has 0 atom stereocenters. The Labute approximate surface area is 124 Å². The highest BCUT2D eigenvalue weighted by atomic mass is 32.2. The number of carboxylic acids is 1. The summed E-state index contributed by atoms with van der Waals surface area (Å²) in [5, 5.41) is 10.1. The van der Waals surface area contributed by atoms with E-state index in [9.17, 15) is 13.2 Å². The zero-order valence-electron chi connectivity index (χ0n) is 10.6. The van der Waals surface area contributed by atoms with E-state index < -0.39 is 16.0 Å². The van der Waals surface area contributed by atoms with E-state index in [0.717, 1.165) is 22.6 Å². The van der Waals surface area contributed by atoms with Crippen LogP contribution < -0.4 is 4.72 Å². The summed E-state index contributed by atoms with van der Waals surface area (Å²) in [6.45, 7) is 2.25. The molecule has 20 heavy (non-hydrogen) atoms. The first-order chi connectivity index (χ1) is 9.42. The maximum atomic E-state index is 12.0. The molecule has 5 nitrogen and oxygen atoms in total. The quantitative estimate of drug-likeness (QED) is 0.852. The molecule has 0 fully saturated rings. The number of rotatable bonds is 6. The molecule has 2 N–H and O–H groups in total. The standard InChI is InChI=1S/C12H13NO4S3/c1-2-8-3-4-9(19-8)6-13-20(16,17)10-5-11(12(14)15)18-7-10/h3-5,7,13H,2,6H2,1H3,(H,14,15). The minimum absolute atomic E-state index is 0.00725. The Hall–Kier alpha value is -1.22. The van der Waals surface area contributed by atoms with Crippen LogP contribution in [0.4, 0.5) is 0 Å². The van der Waals surface area contributed by atoms with Crippen molar-refractivity contribution >= 4 is 38.7 Å². The van der Waals surface area contributed by atoms with Crippen molar-refractivity contribution in [1.29, 1.82) is 0 Å². The van der Waals surface area contributed by atoms with Crippen LogP contribution in [0.1, 0.15) is 26.3 Å². The smallest absolute Gasteiger partial charge is 0.345 e. The predicted molar refractivity (Wildman–Crippen MR) is 79.0 cm³/mol. The molecule has 0 radical (unpaired) electrons. The molecule has 8 heteroatoms. The average molecular weight is 331 g/mol. The fourth-order valence-corrected chi connectivity index (χ4v) is 4.64. The van der Waals surface area contributed by atoms with Crippen molar-refractivity contribution in [3.63, 3.8) is 0 Å². The van der Waals surface area contributed by atoms with Crippen LogP contribution >= 0.6 is 22.7 Å². The molecule has 0 aromatic carbocycles. The van der Waals surface area contributed by atoms with Gasteiger partial charge in [0.05, 0.1) is 4.90 Å². The molecule has 2 rings (SSSR count). The van der Waals surface area contributed by atoms with Gasteiger partial charge in [-0.3, -0.25) is 0 Å². The third-order valence-corrected chi connectivity index (χ3v) is 6.28. The summed E-state index contributed by atoms with van der Waals surface area (Å²) >= 11 is 2.46. The summed E-state index contributed by atoms with van der Waals surface area (Å²) in [7, 11) is -3.66. The van der Waals surface area contributed by atoms with Crippen LogP contribution in [0.15, 0.2) is 28.5 Å². The molecule has 2 aromatic heterocycles. The van der Waals surface area contributed by atoms with Gasteiger partial charge in [0.2, 0.25) is 10.0 Å². The van der Waals surface area contributed by atoms with Crippen molar-refractivity contribution < 1.29 is 18.3 Å². The molecule has 0 saturated carbocycles. The van der Waals surface area contributed by atoms with Gasteiger partial charge in [-0.2, -0.15) is 0 Å². The van der Waals surface area contributed by atoms with Gasteiger partial charge in [0.25, 0.3) is 0 Å². The van der Waals surface area contributed by atoms with Crippen molar-refractivity contribution in [2.24, 2.45) is 0 Å². The summed E-state index contributed by atoms with van der Waals surface area (Å²) < 4.78 is 26.5. The number of thiophene rings is 2. The minimum atomic E-state index is -3.66. The van der Waals surface area contributed by atoms with Gasteiger partial charge in [0, 0.05) is 21.7 Å². The topological polar surface area (TPSA) is 83.5 Å². The van der Waals surface area contributed by atoms with E-state index in [1.54, 1.807) is 11.3 Å². The van der Waals surface area contributed by atoms with Gasteiger partial charge in [-0.15, -0.1) is 22.7 Å². The normalized spacial score (nSPS) is 11.7. The molecule has 0 bridgehead atoms. The Balaban J connectivity index is 2.08. The highest BCUT2D eigenvalue weighted by molar-refractivity contribution is 7.89. The molecule has 2 aromatic rings. The van der Waals surface area contributed by atoms with Crippen molar-refractivity contribution in [1.82, 2.24) is 4.72 Å². The fraction of sp³-hybridized carbons (Fsp3) is 0.250. The zero-order valence-corrected chi connectivity index (χ0v) is 13.1. The number of aryl methyl sites for hydroxylation is 1. The van der Waals surface area contributed by atoms with E-state index in [1.165, 1.54) is 16.3 Å². The van der Waals surface area contributed by atoms with Gasteiger partial charge in [0.15, 0.2) is 0 Å². The lowest BCUT2D eigenvalue weighted by Gasteiger charge is -2.02. The fourth-order valence-electron chi connectivity index (χ4n) is 1.53. The average Bonchev–Trinajstić information content (AvgIpc) is 3.05. The molecular weight excluding hydrogens is 318 g/mol. The Kier molecular flexibility index (Phi) is 4.59. The third kappa shape index (κ3) is 3.45. The Morgan fingerprint density at radius 1 is 1.35 bits per heavy atom. The van der Waals surface area contributed by atoms with Crippen LogP contribution in [-0.2, 0) is 23.0 Å². The van der Waals surface area contributed by atoms with Gasteiger partial charge in [-0.1, -0.05) is 6.92 Å². The van der Waals surface area contributed by atoms with Crippen molar-refractivity contribution in [2.75, 3.05) is 0 Å². The SMILES string of the molecule is CCc1ccc(CNS(=O)(=O)c2csc(C(=O)O)c2)s1. The number of nitrogens with one attached hydrogen (secondary N) is 1. The summed E-state index contributed by atoms with van der Waals surface area (Å²) in [6.07, 6.45) is 0.921. The molecule has 0 unspecified atom stereocenters. The van der Waals surface area contributed by atoms with Crippen molar-refractivity contribution in [3.8, 4) is 0 Å². The summed E-state index contributed by atoms with van der Waals surface area (Å²) in [4.78, 5) is 12.9. The first-order valence-corrected chi connectivity index (χ1v) is 8.99. The second-order valence-corrected chi connectivity index (χ2v) is 7.93. The van der Waals surface area contributed by atoms with Gasteiger partial charge in [0.1, 0.15) is 4.88 Å². The molecule has 0 saturated heterocycles. The number of carbonyl (C=O) groups is 1. The number of sulfonamides is 1. The van der Waals surface area contributed by atoms with Crippen LogP contribution in [0.25, 0.3) is 0 Å². The molecule has 0 aliphatic carbocycles. The molecular formula is C12H13NO4S3. The van der Waals surface area contributed by atoms with E-state index in [4.69, 9.17) is 5.11 Å². The Bertz CT molecular complexity index is 715. The molecule has 108 valence electrons. The molecule has 0 aliphatic rings. The Morgan fingerprint density at radius 3 is 2.60 bits per heavy atom. The monoisotopic (exact) mass is 331 g/mol. The van der Waals surface area contributed by atoms with Gasteiger partial charge < -0.3 is 5.11 Å². The minimum Gasteiger partial charge on any atom is -0.477 e. The maximum absolute atomic E-state index is 12.0. The van der Waals surface area contributed by atoms with Gasteiger partial charge in [-0.05, 0) is 24.6 Å². The first kappa shape index (κ1) is 15.2. The summed E-state index contributed by atoms with van der Waals surface area (Å²) in [5.41, 5.74) is 0. The molecule has 0 amide bonds. The lowest BCUT2D eigenvalue weighted by atomic mass is 10.4. The lowest BCUT2D eigenvalue weighted by Crippen LogP contribution is -2.22. The number of aromatic carboxylic acids is 1. The van der Waals surface area contributed by atoms with Crippen molar-refractivity contribution in [2.45, 2.75) is 24.8 Å². The van der Waals surface area contributed by atoms with Gasteiger partial charge in [-0.25, -0.2) is 17.9 Å². The highest BCUT2D eigenvalue weighted by Gasteiger charge is 2.18. The van der Waals surface area contributed by atoms with Crippen LogP contribution in [0, 0.1) is 0 Å². The highest BCUT2D eigenvalue weighted by Crippen LogP contribution is 2.21. The van der Waals surface area contributed by atoms with E-state index in [-0.39, 0.29) is 16.3 Å². The zero-order chi connectivity index (χ0) is 14.8. The maximum Gasteiger partial charge on any atom is 0.345 e. The van der Waals surface area contributed by atoms with Gasteiger partial charge >= 0.3 is 5.97 Å². The summed E-state index contributed by atoms with van der Waals surface area (Å²) in [5.74, 6) is -1.12. The van der Waals surface area contributed by atoms with E-state index in [2.05, 4.69) is 4.72 Å². The predicted octanol–water partition coefficient (Wildman–Crippen LogP) is 2.55. The largest absolute Gasteiger partial charge is 0.477 e. The summed E-state index contributed by atoms with van der Waals surface area (Å²) in [6, 6.07) is 5.03. The van der Waals surface area contributed by atoms with Crippen LogP contribution in [0.3, 0.4) is 0 Å². The van der Waals surface area contributed by atoms with Crippen LogP contribution in [0.5, 0.6) is 0 Å². The van der Waals surface area contributed by atoms with E-state index >= 15 is 0 Å². The first-order valence-electron chi connectivity index (χ1n) is 5.81. The van der Waals surface area contributed by atoms with Crippen molar-refractivity contribution in [3.05, 3.63) is 38.2 Å². The molecule has 0 aliphatic heterocycles. The van der Waals surface area contributed by atoms with Crippen LogP contribution in [-0.4, -0.2) is 19.5 Å². The molecule has 2 heterocycles. The van der Waals surface area contributed by atoms with E-state index in [1.807, 2.05) is 19.1 Å². The number of hydrogen-bond acceptors (Lipinski definition) is 5. The second kappa shape index (κ2) is 6.04. The van der Waals surface area contributed by atoms with Crippen LogP contribution in [0.2, 0.25) is 0 Å². The number of carboxylic acid groups (broad SMARTS) is 1. The molecule has 0 spiro atoms. The third-order valence-electron chi connectivity index (χ3n) is 2.60. The van der Waals surface area contributed by atoms with E-state index in [0.29, 0.717) is 0 Å².